The lowest BCUT2D eigenvalue weighted by Crippen LogP contribution is -2.45. The molecule has 1 fully saturated rings. The lowest BCUT2D eigenvalue weighted by Gasteiger charge is -2.35. The summed E-state index contributed by atoms with van der Waals surface area (Å²) < 4.78 is 0. The maximum Gasteiger partial charge on any atom is 0.264 e. The van der Waals surface area contributed by atoms with Crippen molar-refractivity contribution in [3.8, 4) is 0 Å². The zero-order valence-electron chi connectivity index (χ0n) is 15.6. The van der Waals surface area contributed by atoms with Crippen LogP contribution in [0, 0.1) is 11.3 Å². The smallest absolute Gasteiger partial charge is 0.264 e. The van der Waals surface area contributed by atoms with Crippen LogP contribution in [-0.4, -0.2) is 29.3 Å². The van der Waals surface area contributed by atoms with E-state index in [1.807, 2.05) is 4.90 Å². The van der Waals surface area contributed by atoms with Gasteiger partial charge >= 0.3 is 0 Å². The number of piperidine rings is 1. The Hall–Kier alpha value is -1.36. The summed E-state index contributed by atoms with van der Waals surface area (Å²) in [5.74, 6) is 0.455. The van der Waals surface area contributed by atoms with Gasteiger partial charge in [0.15, 0.2) is 0 Å². The number of rotatable bonds is 3. The van der Waals surface area contributed by atoms with E-state index in [4.69, 9.17) is 5.73 Å². The monoisotopic (exact) mass is 362 g/mol. The second kappa shape index (κ2) is 7.10. The van der Waals surface area contributed by atoms with E-state index >= 15 is 0 Å². The van der Waals surface area contributed by atoms with Gasteiger partial charge in [0.1, 0.15) is 0 Å². The highest BCUT2D eigenvalue weighted by Gasteiger charge is 2.33. The average Bonchev–Trinajstić information content (AvgIpc) is 2.96. The van der Waals surface area contributed by atoms with E-state index in [0.717, 1.165) is 43.5 Å². The Morgan fingerprint density at radius 3 is 2.72 bits per heavy atom. The largest absolute Gasteiger partial charge is 0.370 e. The molecule has 138 valence electrons. The average molecular weight is 363 g/mol. The van der Waals surface area contributed by atoms with Crippen LogP contribution >= 0.6 is 11.3 Å². The molecule has 1 aliphatic heterocycles. The Morgan fingerprint density at radius 2 is 2.04 bits per heavy atom. The first-order valence-electron chi connectivity index (χ1n) is 9.46. The fourth-order valence-corrected chi connectivity index (χ4v) is 5.39. The first-order chi connectivity index (χ1) is 11.8. The standard InChI is InChI=1S/C20H30N2O2S/c1-20(2,3)14-7-8-16-13(10-14)11-17(25-16)19(24)22-9-5-4-6-15(22)12-18(21)23/h11,14-15H,4-10,12H2,1-3H3,(H2,21,23). The Morgan fingerprint density at radius 1 is 1.28 bits per heavy atom. The zero-order chi connectivity index (χ0) is 18.2. The summed E-state index contributed by atoms with van der Waals surface area (Å²) in [5, 5.41) is 0. The number of nitrogens with two attached hydrogens (primary N) is 1. The Kier molecular flexibility index (Phi) is 5.24. The molecule has 1 saturated heterocycles. The third kappa shape index (κ3) is 4.08. The Balaban J connectivity index is 1.77. The van der Waals surface area contributed by atoms with Gasteiger partial charge in [-0.2, -0.15) is 0 Å². The maximum absolute atomic E-state index is 13.1. The summed E-state index contributed by atoms with van der Waals surface area (Å²) in [5.41, 5.74) is 7.06. The van der Waals surface area contributed by atoms with E-state index < -0.39 is 0 Å². The number of likely N-dealkylation sites (tertiary alicyclic amines) is 1. The minimum Gasteiger partial charge on any atom is -0.370 e. The van der Waals surface area contributed by atoms with Crippen molar-refractivity contribution in [1.29, 1.82) is 0 Å². The molecule has 1 aliphatic carbocycles. The molecule has 2 N–H and O–H groups in total. The lowest BCUT2D eigenvalue weighted by atomic mass is 9.72. The van der Waals surface area contributed by atoms with Crippen molar-refractivity contribution in [2.24, 2.45) is 17.1 Å². The molecule has 1 aromatic heterocycles. The third-order valence-corrected chi connectivity index (χ3v) is 7.07. The van der Waals surface area contributed by atoms with Crippen molar-refractivity contribution in [2.45, 2.75) is 71.8 Å². The van der Waals surface area contributed by atoms with E-state index in [1.54, 1.807) is 11.3 Å². The fourth-order valence-electron chi connectivity index (χ4n) is 4.22. The number of amides is 2. The van der Waals surface area contributed by atoms with Gasteiger partial charge in [0.05, 0.1) is 4.88 Å². The van der Waals surface area contributed by atoms with Crippen LogP contribution in [0.15, 0.2) is 6.07 Å². The number of hydrogen-bond acceptors (Lipinski definition) is 3. The first-order valence-corrected chi connectivity index (χ1v) is 10.3. The van der Waals surface area contributed by atoms with Crippen molar-refractivity contribution in [3.05, 3.63) is 21.4 Å². The normalized spacial score (nSPS) is 24.0. The second-order valence-corrected chi connectivity index (χ2v) is 9.82. The summed E-state index contributed by atoms with van der Waals surface area (Å²) in [4.78, 5) is 28.5. The molecule has 0 saturated carbocycles. The molecule has 2 aliphatic rings. The summed E-state index contributed by atoms with van der Waals surface area (Å²) in [6, 6.07) is 2.09. The predicted octanol–water partition coefficient (Wildman–Crippen LogP) is 3.77. The molecule has 0 spiro atoms. The molecular weight excluding hydrogens is 332 g/mol. The fraction of sp³-hybridized carbons (Fsp3) is 0.700. The van der Waals surface area contributed by atoms with Crippen LogP contribution in [0.25, 0.3) is 0 Å². The van der Waals surface area contributed by atoms with Gasteiger partial charge in [-0.15, -0.1) is 11.3 Å². The highest BCUT2D eigenvalue weighted by molar-refractivity contribution is 7.14. The maximum atomic E-state index is 13.1. The van der Waals surface area contributed by atoms with Crippen LogP contribution in [-0.2, 0) is 17.6 Å². The number of carbonyl (C=O) groups excluding carboxylic acids is 2. The van der Waals surface area contributed by atoms with Crippen molar-refractivity contribution >= 4 is 23.2 Å². The summed E-state index contributed by atoms with van der Waals surface area (Å²) in [6.07, 6.45) is 6.61. The van der Waals surface area contributed by atoms with Crippen molar-refractivity contribution in [1.82, 2.24) is 4.90 Å². The van der Waals surface area contributed by atoms with E-state index in [1.165, 1.54) is 16.9 Å². The van der Waals surface area contributed by atoms with Crippen LogP contribution in [0.2, 0.25) is 0 Å². The quantitative estimate of drug-likeness (QED) is 0.889. The van der Waals surface area contributed by atoms with Crippen LogP contribution in [0.4, 0.5) is 0 Å². The second-order valence-electron chi connectivity index (χ2n) is 8.68. The van der Waals surface area contributed by atoms with Crippen molar-refractivity contribution in [3.63, 3.8) is 0 Å². The van der Waals surface area contributed by atoms with Crippen LogP contribution in [0.1, 0.15) is 73.0 Å². The topological polar surface area (TPSA) is 63.4 Å². The van der Waals surface area contributed by atoms with Crippen molar-refractivity contribution < 1.29 is 9.59 Å². The molecule has 2 amide bonds. The molecule has 5 heteroatoms. The minimum absolute atomic E-state index is 0.0276. The first kappa shape index (κ1) is 18.4. The number of nitrogens with zero attached hydrogens (tertiary/aromatic N) is 1. The number of fused-ring (bicyclic) bond motifs is 1. The van der Waals surface area contributed by atoms with E-state index in [2.05, 4.69) is 26.8 Å². The molecule has 1 aromatic rings. The molecule has 0 aromatic carbocycles. The van der Waals surface area contributed by atoms with Gasteiger partial charge in [-0.1, -0.05) is 20.8 Å². The molecule has 2 heterocycles. The number of hydrogen-bond donors (Lipinski definition) is 1. The van der Waals surface area contributed by atoms with Gasteiger partial charge in [0.25, 0.3) is 5.91 Å². The van der Waals surface area contributed by atoms with Gasteiger partial charge in [0.2, 0.25) is 5.91 Å². The third-order valence-electron chi connectivity index (χ3n) is 5.84. The highest BCUT2D eigenvalue weighted by Crippen LogP contribution is 2.40. The number of thiophene rings is 1. The molecular formula is C20H30N2O2S. The van der Waals surface area contributed by atoms with E-state index in [0.29, 0.717) is 11.3 Å². The Labute approximate surface area is 154 Å². The summed E-state index contributed by atoms with van der Waals surface area (Å²) in [7, 11) is 0. The predicted molar refractivity (Wildman–Crippen MR) is 102 cm³/mol. The van der Waals surface area contributed by atoms with Crippen molar-refractivity contribution in [2.75, 3.05) is 6.54 Å². The highest BCUT2D eigenvalue weighted by atomic mass is 32.1. The zero-order valence-corrected chi connectivity index (χ0v) is 16.5. The SMILES string of the molecule is CC(C)(C)C1CCc2sc(C(=O)N3CCCCC3CC(N)=O)cc2C1. The van der Waals surface area contributed by atoms with Gasteiger partial charge in [0, 0.05) is 23.9 Å². The van der Waals surface area contributed by atoms with Gasteiger partial charge < -0.3 is 10.6 Å². The van der Waals surface area contributed by atoms with Crippen LogP contribution < -0.4 is 5.73 Å². The number of aryl methyl sites for hydroxylation is 1. The molecule has 3 rings (SSSR count). The molecule has 4 nitrogen and oxygen atoms in total. The number of carbonyl (C=O) groups is 2. The molecule has 0 bridgehead atoms. The van der Waals surface area contributed by atoms with Gasteiger partial charge in [-0.05, 0) is 61.5 Å². The van der Waals surface area contributed by atoms with E-state index in [-0.39, 0.29) is 24.3 Å². The summed E-state index contributed by atoms with van der Waals surface area (Å²) in [6.45, 7) is 7.67. The molecule has 2 unspecified atom stereocenters. The number of primary amides is 1. The van der Waals surface area contributed by atoms with Crippen LogP contribution in [0.5, 0.6) is 0 Å². The molecule has 0 radical (unpaired) electrons. The van der Waals surface area contributed by atoms with Gasteiger partial charge in [-0.3, -0.25) is 9.59 Å². The van der Waals surface area contributed by atoms with E-state index in [9.17, 15) is 9.59 Å². The lowest BCUT2D eigenvalue weighted by molar-refractivity contribution is -0.119. The molecule has 25 heavy (non-hydrogen) atoms. The van der Waals surface area contributed by atoms with Crippen LogP contribution in [0.3, 0.4) is 0 Å². The van der Waals surface area contributed by atoms with Gasteiger partial charge in [-0.25, -0.2) is 0 Å². The minimum atomic E-state index is -0.316. The Bertz CT molecular complexity index is 659. The summed E-state index contributed by atoms with van der Waals surface area (Å²) >= 11 is 1.66. The molecule has 2 atom stereocenters.